The molecule has 0 unspecified atom stereocenters. The Labute approximate surface area is 93.0 Å². The summed E-state index contributed by atoms with van der Waals surface area (Å²) in [6, 6.07) is 0. The van der Waals surface area contributed by atoms with Crippen molar-refractivity contribution >= 4 is 0 Å². The molecule has 1 saturated carbocycles. The number of hydrogen-bond acceptors (Lipinski definition) is 2. The summed E-state index contributed by atoms with van der Waals surface area (Å²) >= 11 is 0. The molecule has 1 N–H and O–H groups in total. The molecule has 0 radical (unpaired) electrons. The van der Waals surface area contributed by atoms with Gasteiger partial charge in [-0.15, -0.1) is 0 Å². The summed E-state index contributed by atoms with van der Waals surface area (Å²) < 4.78 is 6.17. The summed E-state index contributed by atoms with van der Waals surface area (Å²) in [6.45, 7) is 8.58. The van der Waals surface area contributed by atoms with Crippen LogP contribution in [0.3, 0.4) is 0 Å². The first-order valence-corrected chi connectivity index (χ1v) is 6.21. The molecule has 0 aromatic heterocycles. The number of ether oxygens (including phenoxy) is 1. The summed E-state index contributed by atoms with van der Waals surface area (Å²) in [7, 11) is 0. The molecule has 1 spiro atoms. The van der Waals surface area contributed by atoms with Crippen LogP contribution in [0.4, 0.5) is 0 Å². The van der Waals surface area contributed by atoms with Crippen LogP contribution in [0.1, 0.15) is 59.8 Å². The van der Waals surface area contributed by atoms with E-state index in [0.717, 1.165) is 32.1 Å². The summed E-state index contributed by atoms with van der Waals surface area (Å²) in [5.41, 5.74) is -0.864. The van der Waals surface area contributed by atoms with Crippen molar-refractivity contribution in [1.82, 2.24) is 0 Å². The van der Waals surface area contributed by atoms with E-state index in [9.17, 15) is 5.11 Å². The largest absolute Gasteiger partial charge is 0.387 e. The quantitative estimate of drug-likeness (QED) is 0.669. The summed E-state index contributed by atoms with van der Waals surface area (Å²) in [5, 5.41) is 10.7. The van der Waals surface area contributed by atoms with Gasteiger partial charge in [0.25, 0.3) is 0 Å². The first-order chi connectivity index (χ1) is 6.81. The van der Waals surface area contributed by atoms with E-state index in [1.807, 2.05) is 6.92 Å². The van der Waals surface area contributed by atoms with Crippen LogP contribution in [0.2, 0.25) is 0 Å². The van der Waals surface area contributed by atoms with E-state index in [1.165, 1.54) is 0 Å². The Bertz CT molecular complexity index is 239. The number of rotatable bonds is 0. The van der Waals surface area contributed by atoms with E-state index < -0.39 is 5.60 Å². The van der Waals surface area contributed by atoms with Gasteiger partial charge in [0.15, 0.2) is 0 Å². The maximum atomic E-state index is 10.7. The van der Waals surface area contributed by atoms with Crippen molar-refractivity contribution in [2.45, 2.75) is 77.1 Å². The zero-order chi connectivity index (χ0) is 11.3. The molecule has 3 atom stereocenters. The standard InChI is InChI=1S/C13H24O2/c1-10-6-9-13(15-10)11(2,3)7-5-8-12(13,4)14/h10,14H,5-9H2,1-4H3/t10-,12-,13+/m1/s1. The normalized spacial score (nSPS) is 49.8. The van der Waals surface area contributed by atoms with Gasteiger partial charge < -0.3 is 9.84 Å². The molecule has 0 aromatic carbocycles. The fourth-order valence-corrected chi connectivity index (χ4v) is 3.77. The second kappa shape index (κ2) is 3.21. The van der Waals surface area contributed by atoms with Gasteiger partial charge in [-0.3, -0.25) is 0 Å². The van der Waals surface area contributed by atoms with Gasteiger partial charge in [0.1, 0.15) is 5.60 Å². The third kappa shape index (κ3) is 1.45. The van der Waals surface area contributed by atoms with Crippen LogP contribution in [-0.2, 0) is 4.74 Å². The SMILES string of the molecule is C[C@@H]1CC[C@]2(O1)C(C)(C)CCC[C@@]2(C)O. The molecule has 0 amide bonds. The highest BCUT2D eigenvalue weighted by Crippen LogP contribution is 2.57. The van der Waals surface area contributed by atoms with E-state index in [2.05, 4.69) is 20.8 Å². The Hall–Kier alpha value is -0.0800. The average Bonchev–Trinajstić information content (AvgIpc) is 2.46. The van der Waals surface area contributed by atoms with Crippen molar-refractivity contribution in [3.63, 3.8) is 0 Å². The zero-order valence-electron chi connectivity index (χ0n) is 10.5. The Morgan fingerprint density at radius 1 is 1.13 bits per heavy atom. The molecule has 1 aliphatic carbocycles. The highest BCUT2D eigenvalue weighted by molar-refractivity contribution is 5.12. The van der Waals surface area contributed by atoms with Crippen LogP contribution in [-0.4, -0.2) is 22.4 Å². The fourth-order valence-electron chi connectivity index (χ4n) is 3.77. The highest BCUT2D eigenvalue weighted by Gasteiger charge is 2.61. The predicted octanol–water partition coefficient (Wildman–Crippen LogP) is 2.89. The number of aliphatic hydroxyl groups is 1. The predicted molar refractivity (Wildman–Crippen MR) is 60.8 cm³/mol. The Morgan fingerprint density at radius 3 is 2.27 bits per heavy atom. The van der Waals surface area contributed by atoms with Crippen molar-refractivity contribution < 1.29 is 9.84 Å². The van der Waals surface area contributed by atoms with E-state index >= 15 is 0 Å². The maximum Gasteiger partial charge on any atom is 0.102 e. The van der Waals surface area contributed by atoms with Gasteiger partial charge >= 0.3 is 0 Å². The first kappa shape index (κ1) is 11.4. The molecule has 2 aliphatic rings. The minimum Gasteiger partial charge on any atom is -0.387 e. The van der Waals surface area contributed by atoms with Gasteiger partial charge in [0.2, 0.25) is 0 Å². The lowest BCUT2D eigenvalue weighted by Gasteiger charge is -2.56. The second-order valence-electron chi connectivity index (χ2n) is 6.31. The molecule has 15 heavy (non-hydrogen) atoms. The van der Waals surface area contributed by atoms with E-state index in [0.29, 0.717) is 6.10 Å². The van der Waals surface area contributed by atoms with Crippen molar-refractivity contribution in [3.05, 3.63) is 0 Å². The summed E-state index contributed by atoms with van der Waals surface area (Å²) in [5.74, 6) is 0. The lowest BCUT2D eigenvalue weighted by atomic mass is 9.57. The third-order valence-corrected chi connectivity index (χ3v) is 4.73. The van der Waals surface area contributed by atoms with Crippen molar-refractivity contribution in [2.24, 2.45) is 5.41 Å². The Morgan fingerprint density at radius 2 is 1.80 bits per heavy atom. The number of hydrogen-bond donors (Lipinski definition) is 1. The topological polar surface area (TPSA) is 29.5 Å². The van der Waals surface area contributed by atoms with E-state index in [1.54, 1.807) is 0 Å². The molecule has 88 valence electrons. The molecule has 0 bridgehead atoms. The highest BCUT2D eigenvalue weighted by atomic mass is 16.5. The minimum atomic E-state index is -0.653. The second-order valence-corrected chi connectivity index (χ2v) is 6.31. The van der Waals surface area contributed by atoms with Crippen molar-refractivity contribution in [1.29, 1.82) is 0 Å². The summed E-state index contributed by atoms with van der Waals surface area (Å²) in [6.07, 6.45) is 5.54. The smallest absolute Gasteiger partial charge is 0.102 e. The maximum absolute atomic E-state index is 10.7. The molecular formula is C13H24O2. The first-order valence-electron chi connectivity index (χ1n) is 6.21. The monoisotopic (exact) mass is 212 g/mol. The van der Waals surface area contributed by atoms with Crippen LogP contribution < -0.4 is 0 Å². The van der Waals surface area contributed by atoms with Gasteiger partial charge in [0, 0.05) is 0 Å². The van der Waals surface area contributed by atoms with Gasteiger partial charge in [-0.1, -0.05) is 13.8 Å². The molecular weight excluding hydrogens is 188 g/mol. The van der Waals surface area contributed by atoms with Gasteiger partial charge in [-0.05, 0) is 51.4 Å². The average molecular weight is 212 g/mol. The molecule has 2 fully saturated rings. The molecule has 1 saturated heterocycles. The van der Waals surface area contributed by atoms with Crippen LogP contribution in [0.25, 0.3) is 0 Å². The van der Waals surface area contributed by atoms with Crippen LogP contribution in [0.15, 0.2) is 0 Å². The molecule has 2 nitrogen and oxygen atoms in total. The molecule has 1 heterocycles. The lowest BCUT2D eigenvalue weighted by Crippen LogP contribution is -2.63. The lowest BCUT2D eigenvalue weighted by molar-refractivity contribution is -0.239. The van der Waals surface area contributed by atoms with Crippen LogP contribution in [0.5, 0.6) is 0 Å². The van der Waals surface area contributed by atoms with Crippen LogP contribution in [0, 0.1) is 5.41 Å². The Balaban J connectivity index is 2.38. The van der Waals surface area contributed by atoms with Gasteiger partial charge in [-0.2, -0.15) is 0 Å². The van der Waals surface area contributed by atoms with Crippen molar-refractivity contribution in [3.8, 4) is 0 Å². The van der Waals surface area contributed by atoms with E-state index in [-0.39, 0.29) is 11.0 Å². The summed E-state index contributed by atoms with van der Waals surface area (Å²) in [4.78, 5) is 0. The third-order valence-electron chi connectivity index (χ3n) is 4.73. The van der Waals surface area contributed by atoms with E-state index in [4.69, 9.17) is 4.74 Å². The molecule has 2 rings (SSSR count). The zero-order valence-corrected chi connectivity index (χ0v) is 10.5. The molecule has 1 aliphatic heterocycles. The Kier molecular flexibility index (Phi) is 2.44. The fraction of sp³-hybridized carbons (Fsp3) is 1.00. The van der Waals surface area contributed by atoms with Gasteiger partial charge in [-0.25, -0.2) is 0 Å². The van der Waals surface area contributed by atoms with Gasteiger partial charge in [0.05, 0.1) is 11.7 Å². The minimum absolute atomic E-state index is 0.0967. The molecule has 2 heteroatoms. The van der Waals surface area contributed by atoms with Crippen LogP contribution >= 0.6 is 0 Å². The molecule has 0 aromatic rings. The van der Waals surface area contributed by atoms with Crippen molar-refractivity contribution in [2.75, 3.05) is 0 Å².